The second-order valence-corrected chi connectivity index (χ2v) is 5.04. The predicted octanol–water partition coefficient (Wildman–Crippen LogP) is -0.646. The summed E-state index contributed by atoms with van der Waals surface area (Å²) in [4.78, 5) is 46.7. The minimum atomic E-state index is -1.05. The van der Waals surface area contributed by atoms with Gasteiger partial charge in [-0.25, -0.2) is 0 Å². The smallest absolute Gasteiger partial charge is 0.317 e. The third kappa shape index (κ3) is 1.13. The Balaban J connectivity index is 2.00. The molecule has 3 aliphatic rings. The van der Waals surface area contributed by atoms with E-state index in [0.717, 1.165) is 0 Å². The molecule has 0 amide bonds. The van der Waals surface area contributed by atoms with Crippen LogP contribution in [0.5, 0.6) is 0 Å². The van der Waals surface area contributed by atoms with Gasteiger partial charge in [-0.05, 0) is 18.3 Å². The average molecular weight is 256 g/mol. The van der Waals surface area contributed by atoms with Gasteiger partial charge in [0.25, 0.3) is 2.86 Å². The highest BCUT2D eigenvalue weighted by Gasteiger charge is 2.69. The Labute approximate surface area is 104 Å². The minimum absolute atomic E-state index is 0.301. The number of esters is 2. The number of hydrogen-bond acceptors (Lipinski definition) is 7. The molecule has 2 N–H and O–H groups in total. The Morgan fingerprint density at radius 2 is 1.50 bits per heavy atom. The number of carbonyl (C=O) groups is 4. The van der Waals surface area contributed by atoms with E-state index >= 15 is 0 Å². The van der Waals surface area contributed by atoms with E-state index in [1.165, 1.54) is 0 Å². The van der Waals surface area contributed by atoms with Crippen molar-refractivity contribution >= 4 is 23.9 Å². The molecule has 2 saturated carbocycles. The first-order valence-corrected chi connectivity index (χ1v) is 5.60. The van der Waals surface area contributed by atoms with Crippen LogP contribution in [0.3, 0.4) is 0 Å². The molecule has 1 heterocycles. The van der Waals surface area contributed by atoms with Gasteiger partial charge in [0.15, 0.2) is 0 Å². The number of aliphatic carboxylic acids is 2. The topological polar surface area (TPSA) is 118 Å². The van der Waals surface area contributed by atoms with Crippen molar-refractivity contribution in [3.63, 3.8) is 0 Å². The minimum Gasteiger partial charge on any atom is -0.481 e. The number of rotatable bonds is 2. The Morgan fingerprint density at radius 1 is 1.06 bits per heavy atom. The standard InChI is InChI=1S/C11H10O7/c12-8(13)4-2-1-3(5(4)9(14)15)7-6(2)10(16)18-11(7)17/h2-7H,1H2,(H,12,13)(H,14,15)/t2-,3+,4?,5?,6?,7?/i/hD2. The van der Waals surface area contributed by atoms with Crippen LogP contribution in [0.1, 0.15) is 6.42 Å². The van der Waals surface area contributed by atoms with E-state index in [2.05, 4.69) is 15.0 Å². The Kier molecular flexibility index (Phi) is 1.66. The zero-order chi connectivity index (χ0) is 14.6. The molecule has 6 atom stereocenters. The van der Waals surface area contributed by atoms with E-state index in [1.807, 2.05) is 0 Å². The molecule has 0 aromatic heterocycles. The first kappa shape index (κ1) is 9.07. The van der Waals surface area contributed by atoms with Crippen LogP contribution < -0.4 is 0 Å². The molecule has 4 unspecified atom stereocenters. The van der Waals surface area contributed by atoms with Gasteiger partial charge in [-0.15, -0.1) is 0 Å². The van der Waals surface area contributed by atoms with E-state index in [9.17, 15) is 19.2 Å². The van der Waals surface area contributed by atoms with Crippen molar-refractivity contribution in [2.45, 2.75) is 6.42 Å². The number of carboxylic acid groups (broad SMARTS) is 2. The SMILES string of the molecule is [2H]OC(=O)C1C(C(=O)O[2H])[C@@H]2C[C@H]1C1C(=O)OC(=O)C12. The van der Waals surface area contributed by atoms with E-state index in [4.69, 9.17) is 2.86 Å². The highest BCUT2D eigenvalue weighted by Crippen LogP contribution is 2.60. The van der Waals surface area contributed by atoms with Crippen molar-refractivity contribution in [2.75, 3.05) is 0 Å². The number of cyclic esters (lactones) is 2. The Hall–Kier alpha value is -1.92. The lowest BCUT2D eigenvalue weighted by atomic mass is 9.69. The summed E-state index contributed by atoms with van der Waals surface area (Å²) >= 11 is 0. The van der Waals surface area contributed by atoms with Crippen molar-refractivity contribution in [3.05, 3.63) is 0 Å². The molecule has 3 rings (SSSR count). The number of hydrogen-bond donors (Lipinski definition) is 2. The van der Waals surface area contributed by atoms with Gasteiger partial charge in [0.05, 0.1) is 23.7 Å². The van der Waals surface area contributed by atoms with Crippen molar-refractivity contribution in [1.82, 2.24) is 0 Å². The Bertz CT molecular complexity index is 475. The first-order chi connectivity index (χ1) is 9.51. The molecule has 7 heteroatoms. The molecule has 2 aliphatic carbocycles. The van der Waals surface area contributed by atoms with Crippen LogP contribution in [0, 0.1) is 35.5 Å². The van der Waals surface area contributed by atoms with Crippen LogP contribution in [0.25, 0.3) is 2.86 Å². The summed E-state index contributed by atoms with van der Waals surface area (Å²) in [7, 11) is 0. The summed E-state index contributed by atoms with van der Waals surface area (Å²) in [6.45, 7) is 0. The van der Waals surface area contributed by atoms with E-state index in [0.29, 0.717) is 6.42 Å². The monoisotopic (exact) mass is 256 g/mol. The molecule has 0 radical (unpaired) electrons. The van der Waals surface area contributed by atoms with Crippen LogP contribution in [0.2, 0.25) is 0 Å². The van der Waals surface area contributed by atoms with Crippen LogP contribution in [0.4, 0.5) is 0 Å². The molecular weight excluding hydrogens is 244 g/mol. The second-order valence-electron chi connectivity index (χ2n) is 5.04. The molecule has 0 aromatic carbocycles. The van der Waals surface area contributed by atoms with Crippen LogP contribution in [-0.2, 0) is 23.9 Å². The fourth-order valence-corrected chi connectivity index (χ4v) is 3.93. The summed E-state index contributed by atoms with van der Waals surface area (Å²) < 4.78 is 17.9. The molecule has 2 bridgehead atoms. The van der Waals surface area contributed by atoms with Crippen LogP contribution in [0.15, 0.2) is 0 Å². The lowest BCUT2D eigenvalue weighted by Gasteiger charge is -2.29. The molecular formula is C11H10O7. The summed E-state index contributed by atoms with van der Waals surface area (Å²) in [5, 5.41) is 7.85. The van der Waals surface area contributed by atoms with Crippen molar-refractivity contribution in [2.24, 2.45) is 35.5 Å². The maximum atomic E-state index is 11.7. The molecule has 3 fully saturated rings. The maximum Gasteiger partial charge on any atom is 0.317 e. The van der Waals surface area contributed by atoms with Gasteiger partial charge in [-0.1, -0.05) is 0 Å². The zero-order valence-electron chi connectivity index (χ0n) is 11.0. The molecule has 0 aromatic rings. The fraction of sp³-hybridized carbons (Fsp3) is 0.636. The van der Waals surface area contributed by atoms with E-state index < -0.39 is 59.4 Å². The lowest BCUT2D eigenvalue weighted by molar-refractivity contribution is -0.159. The number of ether oxygens (including phenoxy) is 1. The molecule has 96 valence electrons. The highest BCUT2D eigenvalue weighted by molar-refractivity contribution is 5.99. The summed E-state index contributed by atoms with van der Waals surface area (Å²) in [5.41, 5.74) is 0. The van der Waals surface area contributed by atoms with Gasteiger partial charge < -0.3 is 15.0 Å². The Morgan fingerprint density at radius 3 is 1.89 bits per heavy atom. The summed E-state index contributed by atoms with van der Waals surface area (Å²) in [5.74, 6) is -8.14. The molecule has 1 saturated heterocycles. The van der Waals surface area contributed by atoms with Crippen molar-refractivity contribution in [1.29, 1.82) is 2.86 Å². The van der Waals surface area contributed by atoms with E-state index in [1.54, 1.807) is 0 Å². The number of fused-ring (bicyclic) bond motifs is 5. The van der Waals surface area contributed by atoms with Gasteiger partial charge in [0, 0.05) is 0 Å². The predicted molar refractivity (Wildman–Crippen MR) is 51.9 cm³/mol. The van der Waals surface area contributed by atoms with Crippen molar-refractivity contribution < 1.29 is 34.1 Å². The third-order valence-electron chi connectivity index (χ3n) is 4.45. The quantitative estimate of drug-likeness (QED) is 0.498. The average Bonchev–Trinajstić information content (AvgIpc) is 3.07. The number of carboxylic acids is 2. The van der Waals surface area contributed by atoms with E-state index in [-0.39, 0.29) is 0 Å². The molecule has 18 heavy (non-hydrogen) atoms. The number of carbonyl (C=O) groups excluding carboxylic acids is 2. The van der Waals surface area contributed by atoms with Gasteiger partial charge in [0.2, 0.25) is 0 Å². The molecule has 7 nitrogen and oxygen atoms in total. The normalized spacial score (nSPS) is 46.0. The molecule has 0 spiro atoms. The van der Waals surface area contributed by atoms with Gasteiger partial charge >= 0.3 is 23.9 Å². The maximum absolute atomic E-state index is 11.7. The zero-order valence-corrected chi connectivity index (χ0v) is 9.03. The van der Waals surface area contributed by atoms with Gasteiger partial charge in [-0.2, -0.15) is 0 Å². The first-order valence-electron chi connectivity index (χ1n) is 6.42. The second kappa shape index (κ2) is 3.30. The van der Waals surface area contributed by atoms with Crippen LogP contribution >= 0.6 is 0 Å². The summed E-state index contributed by atoms with van der Waals surface area (Å²) in [6, 6.07) is 0. The fourth-order valence-electron chi connectivity index (χ4n) is 3.93. The summed E-state index contributed by atoms with van der Waals surface area (Å²) in [6.07, 6.45) is 0.301. The third-order valence-corrected chi connectivity index (χ3v) is 4.45. The van der Waals surface area contributed by atoms with Crippen molar-refractivity contribution in [3.8, 4) is 0 Å². The van der Waals surface area contributed by atoms with Gasteiger partial charge in [0.1, 0.15) is 0 Å². The highest BCUT2D eigenvalue weighted by atomic mass is 16.6. The molecule has 1 aliphatic heterocycles. The largest absolute Gasteiger partial charge is 0.481 e. The van der Waals surface area contributed by atoms with Crippen LogP contribution in [-0.4, -0.2) is 34.1 Å². The lowest BCUT2D eigenvalue weighted by Crippen LogP contribution is -2.43. The van der Waals surface area contributed by atoms with Gasteiger partial charge in [-0.3, -0.25) is 19.2 Å².